The van der Waals surface area contributed by atoms with Crippen molar-refractivity contribution in [1.82, 2.24) is 0 Å². The summed E-state index contributed by atoms with van der Waals surface area (Å²) in [6.07, 6.45) is 20.6. The molecule has 44 heavy (non-hydrogen) atoms. The van der Waals surface area contributed by atoms with Crippen LogP contribution in [0.4, 0.5) is 0 Å². The summed E-state index contributed by atoms with van der Waals surface area (Å²) in [7, 11) is 0. The second-order valence-electron chi connectivity index (χ2n) is 13.0. The maximum atomic E-state index is 11.0. The molecule has 0 heterocycles. The number of ether oxygens (including phenoxy) is 2. The molecule has 0 aliphatic heterocycles. The van der Waals surface area contributed by atoms with Crippen molar-refractivity contribution in [3.63, 3.8) is 0 Å². The van der Waals surface area contributed by atoms with Crippen LogP contribution in [0.3, 0.4) is 0 Å². The highest BCUT2D eigenvalue weighted by Gasteiger charge is 2.38. The topological polar surface area (TPSA) is 59.3 Å². The standard InChI is InChI=1S/C40H57NO3/c1-4-6-17-34-19-21-35(22-20-34)36-23-25-37(26-24-36)38-18-16-27-40(31-38,32-41)30-33(3)43-28-14-12-10-8-7-9-11-13-15-29-44-39(42)5-2/h5,19-26,33,38H,2,4,6-18,27-31H2,1,3H3. The van der Waals surface area contributed by atoms with Crippen molar-refractivity contribution >= 4 is 5.97 Å². The van der Waals surface area contributed by atoms with Gasteiger partial charge in [-0.15, -0.1) is 0 Å². The van der Waals surface area contributed by atoms with Crippen molar-refractivity contribution in [2.75, 3.05) is 13.2 Å². The zero-order valence-electron chi connectivity index (χ0n) is 27.7. The van der Waals surface area contributed by atoms with Gasteiger partial charge in [0.15, 0.2) is 0 Å². The van der Waals surface area contributed by atoms with Crippen LogP contribution in [-0.2, 0) is 20.7 Å². The Hall–Kier alpha value is -2.90. The molecular formula is C40H57NO3. The monoisotopic (exact) mass is 599 g/mol. The van der Waals surface area contributed by atoms with E-state index in [0.29, 0.717) is 12.5 Å². The number of nitriles is 1. The fourth-order valence-corrected chi connectivity index (χ4v) is 6.74. The van der Waals surface area contributed by atoms with E-state index in [9.17, 15) is 10.1 Å². The Labute approximate surface area is 268 Å². The van der Waals surface area contributed by atoms with Gasteiger partial charge in [-0.25, -0.2) is 4.79 Å². The molecule has 1 aliphatic rings. The molecule has 2 aromatic rings. The lowest BCUT2D eigenvalue weighted by Crippen LogP contribution is -2.31. The van der Waals surface area contributed by atoms with Crippen molar-refractivity contribution in [1.29, 1.82) is 5.26 Å². The van der Waals surface area contributed by atoms with E-state index in [1.807, 2.05) is 0 Å². The summed E-state index contributed by atoms with van der Waals surface area (Å²) in [6, 6.07) is 20.9. The highest BCUT2D eigenvalue weighted by molar-refractivity contribution is 5.81. The number of hydrogen-bond donors (Lipinski definition) is 0. The van der Waals surface area contributed by atoms with E-state index in [0.717, 1.165) is 64.4 Å². The highest BCUT2D eigenvalue weighted by atomic mass is 16.5. The van der Waals surface area contributed by atoms with Crippen LogP contribution >= 0.6 is 0 Å². The predicted molar refractivity (Wildman–Crippen MR) is 182 cm³/mol. The van der Waals surface area contributed by atoms with Crippen molar-refractivity contribution in [3.05, 3.63) is 72.3 Å². The van der Waals surface area contributed by atoms with E-state index in [2.05, 4.69) is 75.0 Å². The number of aryl methyl sites for hydroxylation is 1. The Morgan fingerprint density at radius 1 is 0.932 bits per heavy atom. The first-order valence-corrected chi connectivity index (χ1v) is 17.5. The zero-order valence-corrected chi connectivity index (χ0v) is 27.7. The number of hydrogen-bond acceptors (Lipinski definition) is 4. The molecule has 0 aromatic heterocycles. The number of carbonyl (C=O) groups is 1. The average Bonchev–Trinajstić information content (AvgIpc) is 3.06. The second-order valence-corrected chi connectivity index (χ2v) is 13.0. The third-order valence-corrected chi connectivity index (χ3v) is 9.35. The fraction of sp³-hybridized carbons (Fsp3) is 0.600. The van der Waals surface area contributed by atoms with E-state index < -0.39 is 0 Å². The summed E-state index contributed by atoms with van der Waals surface area (Å²) in [4.78, 5) is 11.0. The molecule has 1 aliphatic carbocycles. The minimum atomic E-state index is -0.327. The number of esters is 1. The lowest BCUT2D eigenvalue weighted by Gasteiger charge is -2.37. The summed E-state index contributed by atoms with van der Waals surface area (Å²) in [5.41, 5.74) is 5.04. The van der Waals surface area contributed by atoms with Gasteiger partial charge in [-0.3, -0.25) is 0 Å². The number of nitrogens with zero attached hydrogens (tertiary/aromatic N) is 1. The smallest absolute Gasteiger partial charge is 0.330 e. The van der Waals surface area contributed by atoms with E-state index in [1.54, 1.807) is 0 Å². The fourth-order valence-electron chi connectivity index (χ4n) is 6.74. The van der Waals surface area contributed by atoms with Gasteiger partial charge in [-0.05, 0) is 86.5 Å². The molecule has 0 radical (unpaired) electrons. The molecule has 4 heteroatoms. The molecule has 0 spiro atoms. The second kappa shape index (κ2) is 20.2. The minimum Gasteiger partial charge on any atom is -0.463 e. The normalized spacial score (nSPS) is 18.8. The van der Waals surface area contributed by atoms with Crippen LogP contribution in [0.15, 0.2) is 61.2 Å². The van der Waals surface area contributed by atoms with Crippen LogP contribution in [0.2, 0.25) is 0 Å². The molecule has 0 amide bonds. The van der Waals surface area contributed by atoms with Gasteiger partial charge in [0, 0.05) is 12.7 Å². The van der Waals surface area contributed by atoms with E-state index in [1.165, 1.54) is 79.7 Å². The zero-order chi connectivity index (χ0) is 31.5. The average molecular weight is 600 g/mol. The van der Waals surface area contributed by atoms with Gasteiger partial charge < -0.3 is 9.47 Å². The molecule has 3 unspecified atom stereocenters. The summed E-state index contributed by atoms with van der Waals surface area (Å²) in [5.74, 6) is 0.114. The first-order chi connectivity index (χ1) is 21.5. The Morgan fingerprint density at radius 3 is 2.11 bits per heavy atom. The SMILES string of the molecule is C=CC(=O)OCCCCCCCCCCCOC(C)CC1(C#N)CCCC(c2ccc(-c3ccc(CCCC)cc3)cc2)C1. The Bertz CT molecular complexity index is 1130. The quantitative estimate of drug-likeness (QED) is 0.0813. The highest BCUT2D eigenvalue weighted by Crippen LogP contribution is 2.47. The largest absolute Gasteiger partial charge is 0.463 e. The van der Waals surface area contributed by atoms with Gasteiger partial charge in [0.1, 0.15) is 0 Å². The molecule has 0 N–H and O–H groups in total. The first kappa shape index (κ1) is 35.6. The molecule has 0 saturated heterocycles. The molecule has 1 fully saturated rings. The predicted octanol–water partition coefficient (Wildman–Crippen LogP) is 10.9. The Morgan fingerprint density at radius 2 is 1.52 bits per heavy atom. The van der Waals surface area contributed by atoms with Gasteiger partial charge in [-0.2, -0.15) is 5.26 Å². The van der Waals surface area contributed by atoms with Crippen molar-refractivity contribution in [2.24, 2.45) is 5.41 Å². The van der Waals surface area contributed by atoms with Crippen LogP contribution in [0.1, 0.15) is 134 Å². The van der Waals surface area contributed by atoms with Crippen LogP contribution in [-0.4, -0.2) is 25.3 Å². The maximum Gasteiger partial charge on any atom is 0.330 e. The van der Waals surface area contributed by atoms with Crippen molar-refractivity contribution in [2.45, 2.75) is 135 Å². The van der Waals surface area contributed by atoms with Gasteiger partial charge >= 0.3 is 5.97 Å². The van der Waals surface area contributed by atoms with E-state index >= 15 is 0 Å². The molecular weight excluding hydrogens is 542 g/mol. The van der Waals surface area contributed by atoms with E-state index in [4.69, 9.17) is 9.47 Å². The lowest BCUT2D eigenvalue weighted by molar-refractivity contribution is -0.137. The molecule has 1 saturated carbocycles. The van der Waals surface area contributed by atoms with Crippen molar-refractivity contribution in [3.8, 4) is 17.2 Å². The lowest BCUT2D eigenvalue weighted by atomic mass is 9.66. The van der Waals surface area contributed by atoms with Crippen LogP contribution in [0.25, 0.3) is 11.1 Å². The molecule has 4 nitrogen and oxygen atoms in total. The summed E-state index contributed by atoms with van der Waals surface area (Å²) >= 11 is 0. The van der Waals surface area contributed by atoms with E-state index in [-0.39, 0.29) is 17.5 Å². The first-order valence-electron chi connectivity index (χ1n) is 17.5. The Kier molecular flexibility index (Phi) is 16.3. The van der Waals surface area contributed by atoms with Crippen molar-refractivity contribution < 1.29 is 14.3 Å². The van der Waals surface area contributed by atoms with Gasteiger partial charge in [0.2, 0.25) is 0 Å². The molecule has 2 aromatic carbocycles. The molecule has 0 bridgehead atoms. The maximum absolute atomic E-state index is 11.0. The van der Waals surface area contributed by atoms with Crippen LogP contribution < -0.4 is 0 Å². The molecule has 240 valence electrons. The Balaban J connectivity index is 1.32. The van der Waals surface area contributed by atoms with Crippen LogP contribution in [0, 0.1) is 16.7 Å². The number of carbonyl (C=O) groups excluding carboxylic acids is 1. The molecule has 3 rings (SSSR count). The summed E-state index contributed by atoms with van der Waals surface area (Å²) in [5, 5.41) is 10.3. The number of rotatable bonds is 21. The summed E-state index contributed by atoms with van der Waals surface area (Å²) < 4.78 is 11.2. The summed E-state index contributed by atoms with van der Waals surface area (Å²) in [6.45, 7) is 9.09. The number of unbranched alkanes of at least 4 members (excludes halogenated alkanes) is 9. The van der Waals surface area contributed by atoms with Crippen LogP contribution in [0.5, 0.6) is 0 Å². The molecule has 3 atom stereocenters. The van der Waals surface area contributed by atoms with Gasteiger partial charge in [0.05, 0.1) is 24.2 Å². The van der Waals surface area contributed by atoms with Gasteiger partial charge in [0.25, 0.3) is 0 Å². The van der Waals surface area contributed by atoms with Gasteiger partial charge in [-0.1, -0.05) is 120 Å². The minimum absolute atomic E-state index is 0.113. The number of benzene rings is 2. The third kappa shape index (κ3) is 12.6. The third-order valence-electron chi connectivity index (χ3n) is 9.35.